The van der Waals surface area contributed by atoms with Crippen LogP contribution < -0.4 is 9.92 Å². The van der Waals surface area contributed by atoms with E-state index in [1.807, 2.05) is 65.8 Å². The van der Waals surface area contributed by atoms with Crippen LogP contribution >= 0.6 is 0 Å². The summed E-state index contributed by atoms with van der Waals surface area (Å²) in [6, 6.07) is 7.76. The van der Waals surface area contributed by atoms with E-state index in [0.717, 1.165) is 10.9 Å². The van der Waals surface area contributed by atoms with Crippen molar-refractivity contribution in [3.63, 3.8) is 0 Å². The zero-order chi connectivity index (χ0) is 16.0. The molecule has 0 aromatic heterocycles. The number of rotatable bonds is 8. The first-order valence-corrected chi connectivity index (χ1v) is 9.19. The van der Waals surface area contributed by atoms with Gasteiger partial charge in [-0.1, -0.05) is 12.1 Å². The lowest BCUT2D eigenvalue weighted by Crippen LogP contribution is -2.60. The fourth-order valence-electron chi connectivity index (χ4n) is 2.01. The molecule has 0 unspecified atom stereocenters. The molecule has 0 fully saturated rings. The summed E-state index contributed by atoms with van der Waals surface area (Å²) in [5.41, 5.74) is 0. The molecule has 21 heavy (non-hydrogen) atoms. The highest BCUT2D eigenvalue weighted by atomic mass is 28.4. The summed E-state index contributed by atoms with van der Waals surface area (Å²) in [6.45, 7) is 12.0. The average molecular weight is 312 g/mol. The van der Waals surface area contributed by atoms with Gasteiger partial charge in [-0.3, -0.25) is 0 Å². The van der Waals surface area contributed by atoms with Crippen molar-refractivity contribution in [1.29, 1.82) is 0 Å². The van der Waals surface area contributed by atoms with E-state index in [0.29, 0.717) is 0 Å². The lowest BCUT2D eigenvalue weighted by Gasteiger charge is -2.34. The van der Waals surface area contributed by atoms with Crippen molar-refractivity contribution >= 4 is 14.0 Å². The highest BCUT2D eigenvalue weighted by Gasteiger charge is 2.46. The van der Waals surface area contributed by atoms with E-state index < -0.39 is 8.80 Å². The molecule has 120 valence electrons. The zero-order valence-corrected chi connectivity index (χ0v) is 15.2. The average Bonchev–Trinajstić information content (AvgIpc) is 2.36. The molecule has 1 aromatic rings. The Morgan fingerprint density at radius 2 is 1.10 bits per heavy atom. The molecule has 0 spiro atoms. The summed E-state index contributed by atoms with van der Waals surface area (Å²) < 4.78 is 23.7. The molecular formula is C16H28O4Si. The van der Waals surface area contributed by atoms with Gasteiger partial charge >= 0.3 is 8.80 Å². The predicted octanol–water partition coefficient (Wildman–Crippen LogP) is 3.12. The second kappa shape index (κ2) is 7.94. The molecular weight excluding hydrogens is 284 g/mol. The van der Waals surface area contributed by atoms with Gasteiger partial charge in [-0.2, -0.15) is 0 Å². The Bertz CT molecular complexity index is 388. The quantitative estimate of drug-likeness (QED) is 0.691. The predicted molar refractivity (Wildman–Crippen MR) is 87.0 cm³/mol. The van der Waals surface area contributed by atoms with Crippen molar-refractivity contribution in [2.45, 2.75) is 59.9 Å². The summed E-state index contributed by atoms with van der Waals surface area (Å²) in [5, 5.41) is 0.958. The van der Waals surface area contributed by atoms with Gasteiger partial charge in [0.15, 0.2) is 0 Å². The summed E-state index contributed by atoms with van der Waals surface area (Å²) in [6.07, 6.45) is 0.0730. The van der Waals surface area contributed by atoms with Crippen LogP contribution in [0.15, 0.2) is 24.3 Å². The Balaban J connectivity index is 3.22. The van der Waals surface area contributed by atoms with Crippen LogP contribution in [0.25, 0.3) is 0 Å². The Labute approximate surface area is 129 Å². The fourth-order valence-corrected chi connectivity index (χ4v) is 5.03. The van der Waals surface area contributed by atoms with Crippen LogP contribution in [0.1, 0.15) is 41.5 Å². The molecule has 1 rings (SSSR count). The van der Waals surface area contributed by atoms with Crippen LogP contribution in [0.5, 0.6) is 5.75 Å². The Kier molecular flexibility index (Phi) is 6.87. The standard InChI is InChI=1S/C16H28O4Si/c1-12(2)18-21(19-13(3)4,20-14(5)6)16-10-8-15(17-7)9-11-16/h8-14H,1-7H3. The number of methoxy groups -OCH3 is 1. The van der Waals surface area contributed by atoms with Gasteiger partial charge in [0.1, 0.15) is 5.75 Å². The molecule has 0 bridgehead atoms. The second-order valence-electron chi connectivity index (χ2n) is 5.78. The summed E-state index contributed by atoms with van der Waals surface area (Å²) in [5.74, 6) is 0.806. The van der Waals surface area contributed by atoms with E-state index in [4.69, 9.17) is 18.0 Å². The molecule has 0 radical (unpaired) electrons. The van der Waals surface area contributed by atoms with E-state index in [1.165, 1.54) is 0 Å². The number of hydrogen-bond donors (Lipinski definition) is 0. The first kappa shape index (κ1) is 18.2. The molecule has 0 aliphatic rings. The molecule has 0 saturated carbocycles. The SMILES string of the molecule is COc1ccc([Si](OC(C)C)(OC(C)C)OC(C)C)cc1. The van der Waals surface area contributed by atoms with Gasteiger partial charge in [-0.15, -0.1) is 0 Å². The summed E-state index contributed by atoms with van der Waals surface area (Å²) in [4.78, 5) is 0. The van der Waals surface area contributed by atoms with E-state index in [2.05, 4.69) is 0 Å². The van der Waals surface area contributed by atoms with Crippen molar-refractivity contribution in [1.82, 2.24) is 0 Å². The third-order valence-corrected chi connectivity index (χ3v) is 6.00. The van der Waals surface area contributed by atoms with Gasteiger partial charge in [0.05, 0.1) is 7.11 Å². The molecule has 0 heterocycles. The summed E-state index contributed by atoms with van der Waals surface area (Å²) >= 11 is 0. The molecule has 4 nitrogen and oxygen atoms in total. The minimum atomic E-state index is -2.95. The number of ether oxygens (including phenoxy) is 1. The van der Waals surface area contributed by atoms with Crippen LogP contribution in [-0.2, 0) is 13.3 Å². The number of hydrogen-bond acceptors (Lipinski definition) is 4. The lowest BCUT2D eigenvalue weighted by molar-refractivity contribution is 0.0153. The second-order valence-corrected chi connectivity index (χ2v) is 8.18. The Hall–Kier alpha value is -0.883. The van der Waals surface area contributed by atoms with Crippen LogP contribution in [0.3, 0.4) is 0 Å². The van der Waals surface area contributed by atoms with Crippen molar-refractivity contribution < 1.29 is 18.0 Å². The van der Waals surface area contributed by atoms with Gasteiger partial charge in [0, 0.05) is 23.5 Å². The van der Waals surface area contributed by atoms with Crippen molar-refractivity contribution in [2.24, 2.45) is 0 Å². The summed E-state index contributed by atoms with van der Waals surface area (Å²) in [7, 11) is -1.30. The maximum Gasteiger partial charge on any atom is 0.537 e. The molecule has 5 heteroatoms. The van der Waals surface area contributed by atoms with E-state index in [-0.39, 0.29) is 18.3 Å². The monoisotopic (exact) mass is 312 g/mol. The lowest BCUT2D eigenvalue weighted by atomic mass is 10.3. The smallest absolute Gasteiger partial charge is 0.497 e. The minimum absolute atomic E-state index is 0.0243. The molecule has 0 saturated heterocycles. The van der Waals surface area contributed by atoms with Crippen LogP contribution in [0.2, 0.25) is 0 Å². The fraction of sp³-hybridized carbons (Fsp3) is 0.625. The zero-order valence-electron chi connectivity index (χ0n) is 14.2. The topological polar surface area (TPSA) is 36.9 Å². The molecule has 0 N–H and O–H groups in total. The van der Waals surface area contributed by atoms with Crippen LogP contribution in [-0.4, -0.2) is 34.2 Å². The normalized spacial score (nSPS) is 12.5. The van der Waals surface area contributed by atoms with Crippen molar-refractivity contribution in [2.75, 3.05) is 7.11 Å². The van der Waals surface area contributed by atoms with Gasteiger partial charge < -0.3 is 18.0 Å². The largest absolute Gasteiger partial charge is 0.537 e. The van der Waals surface area contributed by atoms with Gasteiger partial charge in [0.2, 0.25) is 0 Å². The van der Waals surface area contributed by atoms with Crippen molar-refractivity contribution in [3.05, 3.63) is 24.3 Å². The maximum atomic E-state index is 6.17. The van der Waals surface area contributed by atoms with E-state index in [1.54, 1.807) is 7.11 Å². The molecule has 0 atom stereocenters. The first-order chi connectivity index (χ1) is 9.79. The maximum absolute atomic E-state index is 6.17. The molecule has 0 amide bonds. The third-order valence-electron chi connectivity index (χ3n) is 2.62. The number of benzene rings is 1. The van der Waals surface area contributed by atoms with Gasteiger partial charge in [-0.25, -0.2) is 0 Å². The van der Waals surface area contributed by atoms with Crippen LogP contribution in [0, 0.1) is 0 Å². The Morgan fingerprint density at radius 1 is 0.714 bits per heavy atom. The highest BCUT2D eigenvalue weighted by molar-refractivity contribution is 6.75. The minimum Gasteiger partial charge on any atom is -0.497 e. The molecule has 1 aromatic carbocycles. The molecule has 0 aliphatic heterocycles. The van der Waals surface area contributed by atoms with Crippen molar-refractivity contribution in [3.8, 4) is 5.75 Å². The molecule has 0 aliphatic carbocycles. The van der Waals surface area contributed by atoms with Crippen LogP contribution in [0.4, 0.5) is 0 Å². The van der Waals surface area contributed by atoms with Gasteiger partial charge in [0.25, 0.3) is 0 Å². The Morgan fingerprint density at radius 3 is 1.38 bits per heavy atom. The van der Waals surface area contributed by atoms with E-state index in [9.17, 15) is 0 Å². The van der Waals surface area contributed by atoms with Gasteiger partial charge in [-0.05, 0) is 53.7 Å². The third kappa shape index (κ3) is 5.43. The highest BCUT2D eigenvalue weighted by Crippen LogP contribution is 2.19. The van der Waals surface area contributed by atoms with E-state index >= 15 is 0 Å². The first-order valence-electron chi connectivity index (χ1n) is 7.47.